The van der Waals surface area contributed by atoms with Crippen molar-refractivity contribution in [3.63, 3.8) is 0 Å². The summed E-state index contributed by atoms with van der Waals surface area (Å²) in [5.74, 6) is -2.70. The molecule has 0 unspecified atom stereocenters. The lowest BCUT2D eigenvalue weighted by molar-refractivity contribution is -0.116. The minimum atomic E-state index is -3.56. The lowest BCUT2D eigenvalue weighted by atomic mass is 9.97. The van der Waals surface area contributed by atoms with Gasteiger partial charge in [0.2, 0.25) is 15.9 Å². The molecule has 1 aromatic carbocycles. The number of nitrogens with zero attached hydrogens (tertiary/aromatic N) is 1. The number of halogens is 2. The van der Waals surface area contributed by atoms with Crippen LogP contribution in [0.25, 0.3) is 0 Å². The maximum Gasteiger partial charge on any atom is 0.239 e. The van der Waals surface area contributed by atoms with Crippen molar-refractivity contribution in [2.75, 3.05) is 24.7 Å². The number of allylic oxidation sites excluding steroid dienone is 1. The second kappa shape index (κ2) is 8.53. The molecule has 0 saturated heterocycles. The van der Waals surface area contributed by atoms with Crippen molar-refractivity contribution in [3.8, 4) is 0 Å². The summed E-state index contributed by atoms with van der Waals surface area (Å²) in [7, 11) is -3.56. The van der Waals surface area contributed by atoms with E-state index in [0.29, 0.717) is 6.42 Å². The largest absolute Gasteiger partial charge is 0.325 e. The Morgan fingerprint density at radius 1 is 1.24 bits per heavy atom. The standard InChI is InChI=1S/C17H22F2N2O3S/c1-25(23,24)21(10-9-13-5-3-2-4-6-13)12-17(22)20-14-7-8-15(18)16(19)11-14/h5,7-8,11H,2-4,6,9-10,12H2,1H3,(H,20,22). The van der Waals surface area contributed by atoms with Gasteiger partial charge in [0.25, 0.3) is 0 Å². The van der Waals surface area contributed by atoms with Crippen molar-refractivity contribution in [3.05, 3.63) is 41.5 Å². The molecule has 138 valence electrons. The smallest absolute Gasteiger partial charge is 0.239 e. The van der Waals surface area contributed by atoms with Gasteiger partial charge in [-0.15, -0.1) is 0 Å². The summed E-state index contributed by atoms with van der Waals surface area (Å²) in [5, 5.41) is 2.38. The first-order valence-electron chi connectivity index (χ1n) is 8.13. The highest BCUT2D eigenvalue weighted by Crippen LogP contribution is 2.21. The molecule has 1 amide bonds. The van der Waals surface area contributed by atoms with Gasteiger partial charge >= 0.3 is 0 Å². The number of nitrogens with one attached hydrogen (secondary N) is 1. The zero-order valence-corrected chi connectivity index (χ0v) is 14.9. The molecule has 25 heavy (non-hydrogen) atoms. The number of carbonyl (C=O) groups is 1. The molecule has 0 heterocycles. The fraction of sp³-hybridized carbons (Fsp3) is 0.471. The Balaban J connectivity index is 1.97. The predicted molar refractivity (Wildman–Crippen MR) is 92.6 cm³/mol. The van der Waals surface area contributed by atoms with Crippen LogP contribution >= 0.6 is 0 Å². The monoisotopic (exact) mass is 372 g/mol. The molecule has 8 heteroatoms. The molecule has 0 aliphatic heterocycles. The van der Waals surface area contributed by atoms with Gasteiger partial charge in [-0.25, -0.2) is 17.2 Å². The third kappa shape index (κ3) is 6.21. The molecule has 0 saturated carbocycles. The number of hydrogen-bond acceptors (Lipinski definition) is 3. The Bertz CT molecular complexity index is 763. The van der Waals surface area contributed by atoms with Crippen molar-refractivity contribution < 1.29 is 22.0 Å². The van der Waals surface area contributed by atoms with Crippen LogP contribution in [0.4, 0.5) is 14.5 Å². The second-order valence-electron chi connectivity index (χ2n) is 6.13. The van der Waals surface area contributed by atoms with Crippen LogP contribution in [0.3, 0.4) is 0 Å². The van der Waals surface area contributed by atoms with Crippen LogP contribution in [0.1, 0.15) is 32.1 Å². The molecular formula is C17H22F2N2O3S. The summed E-state index contributed by atoms with van der Waals surface area (Å²) in [6.45, 7) is -0.152. The van der Waals surface area contributed by atoms with Crippen LogP contribution in [-0.2, 0) is 14.8 Å². The van der Waals surface area contributed by atoms with E-state index in [1.165, 1.54) is 11.6 Å². The summed E-state index contributed by atoms with van der Waals surface area (Å²) >= 11 is 0. The van der Waals surface area contributed by atoms with Crippen molar-refractivity contribution in [1.29, 1.82) is 0 Å². The molecule has 1 N–H and O–H groups in total. The number of sulfonamides is 1. The van der Waals surface area contributed by atoms with Gasteiger partial charge < -0.3 is 5.32 Å². The quantitative estimate of drug-likeness (QED) is 0.748. The molecule has 0 spiro atoms. The van der Waals surface area contributed by atoms with Crippen LogP contribution < -0.4 is 5.32 Å². The highest BCUT2D eigenvalue weighted by molar-refractivity contribution is 7.88. The fourth-order valence-electron chi connectivity index (χ4n) is 2.70. The molecule has 5 nitrogen and oxygen atoms in total. The van der Waals surface area contributed by atoms with E-state index in [1.807, 2.05) is 0 Å². The Morgan fingerprint density at radius 2 is 2.00 bits per heavy atom. The minimum absolute atomic E-state index is 0.0762. The van der Waals surface area contributed by atoms with Crippen LogP contribution in [-0.4, -0.2) is 38.0 Å². The SMILES string of the molecule is CS(=O)(=O)N(CCC1=CCCCC1)CC(=O)Nc1ccc(F)c(F)c1. The van der Waals surface area contributed by atoms with Gasteiger partial charge in [0.05, 0.1) is 12.8 Å². The third-order valence-corrected chi connectivity index (χ3v) is 5.31. The Labute approximate surface area is 146 Å². The first-order valence-corrected chi connectivity index (χ1v) is 9.98. The molecule has 1 aromatic rings. The van der Waals surface area contributed by atoms with Gasteiger partial charge in [0.1, 0.15) is 0 Å². The van der Waals surface area contributed by atoms with Crippen molar-refractivity contribution >= 4 is 21.6 Å². The summed E-state index contributed by atoms with van der Waals surface area (Å²) in [6.07, 6.45) is 7.98. The van der Waals surface area contributed by atoms with E-state index < -0.39 is 27.6 Å². The van der Waals surface area contributed by atoms with E-state index in [9.17, 15) is 22.0 Å². The van der Waals surface area contributed by atoms with E-state index in [4.69, 9.17) is 0 Å². The van der Waals surface area contributed by atoms with Crippen LogP contribution in [0.15, 0.2) is 29.8 Å². The summed E-state index contributed by atoms with van der Waals surface area (Å²) in [6, 6.07) is 2.97. The molecule has 1 aliphatic rings. The molecule has 0 aromatic heterocycles. The average Bonchev–Trinajstić information content (AvgIpc) is 2.55. The van der Waals surface area contributed by atoms with E-state index in [1.54, 1.807) is 0 Å². The number of carbonyl (C=O) groups excluding carboxylic acids is 1. The van der Waals surface area contributed by atoms with E-state index in [2.05, 4.69) is 11.4 Å². The maximum atomic E-state index is 13.2. The van der Waals surface area contributed by atoms with Gasteiger partial charge in [0.15, 0.2) is 11.6 Å². The molecule has 0 atom stereocenters. The molecule has 0 fully saturated rings. The molecular weight excluding hydrogens is 350 g/mol. The van der Waals surface area contributed by atoms with Crippen LogP contribution in [0.2, 0.25) is 0 Å². The van der Waals surface area contributed by atoms with Gasteiger partial charge in [0, 0.05) is 18.3 Å². The number of amides is 1. The summed E-state index contributed by atoms with van der Waals surface area (Å²) < 4.78 is 51.0. The molecule has 0 bridgehead atoms. The van der Waals surface area contributed by atoms with Gasteiger partial charge in [-0.3, -0.25) is 4.79 Å². The van der Waals surface area contributed by atoms with Gasteiger partial charge in [-0.05, 0) is 44.2 Å². The Morgan fingerprint density at radius 3 is 2.60 bits per heavy atom. The van der Waals surface area contributed by atoms with E-state index in [-0.39, 0.29) is 18.8 Å². The maximum absolute atomic E-state index is 13.2. The van der Waals surface area contributed by atoms with Crippen LogP contribution in [0, 0.1) is 11.6 Å². The topological polar surface area (TPSA) is 66.5 Å². The number of anilines is 1. The normalized spacial score (nSPS) is 15.1. The van der Waals surface area contributed by atoms with Crippen LogP contribution in [0.5, 0.6) is 0 Å². The summed E-state index contributed by atoms with van der Waals surface area (Å²) in [5.41, 5.74) is 1.29. The van der Waals surface area contributed by atoms with E-state index >= 15 is 0 Å². The van der Waals surface area contributed by atoms with Crippen molar-refractivity contribution in [2.45, 2.75) is 32.1 Å². The summed E-state index contributed by atoms with van der Waals surface area (Å²) in [4.78, 5) is 12.1. The number of rotatable bonds is 7. The zero-order valence-electron chi connectivity index (χ0n) is 14.1. The number of hydrogen-bond donors (Lipinski definition) is 1. The Hall–Kier alpha value is -1.80. The molecule has 0 radical (unpaired) electrons. The zero-order chi connectivity index (χ0) is 18.4. The lowest BCUT2D eigenvalue weighted by Gasteiger charge is -2.21. The Kier molecular flexibility index (Phi) is 6.66. The molecule has 1 aliphatic carbocycles. The second-order valence-corrected chi connectivity index (χ2v) is 8.11. The van der Waals surface area contributed by atoms with Gasteiger partial charge in [-0.2, -0.15) is 4.31 Å². The fourth-order valence-corrected chi connectivity index (χ4v) is 3.47. The predicted octanol–water partition coefficient (Wildman–Crippen LogP) is 3.06. The van der Waals surface area contributed by atoms with Gasteiger partial charge in [-0.1, -0.05) is 11.6 Å². The van der Waals surface area contributed by atoms with Crippen molar-refractivity contribution in [1.82, 2.24) is 4.31 Å². The highest BCUT2D eigenvalue weighted by atomic mass is 32.2. The first kappa shape index (κ1) is 19.5. The first-order chi connectivity index (χ1) is 11.8. The highest BCUT2D eigenvalue weighted by Gasteiger charge is 2.21. The lowest BCUT2D eigenvalue weighted by Crippen LogP contribution is -2.38. The third-order valence-electron chi connectivity index (χ3n) is 4.06. The number of benzene rings is 1. The average molecular weight is 372 g/mol. The molecule has 2 rings (SSSR count). The minimum Gasteiger partial charge on any atom is -0.325 e. The van der Waals surface area contributed by atoms with E-state index in [0.717, 1.165) is 48.4 Å². The van der Waals surface area contributed by atoms with Crippen molar-refractivity contribution in [2.24, 2.45) is 0 Å².